The third-order valence-electron chi connectivity index (χ3n) is 4.24. The van der Waals surface area contributed by atoms with Gasteiger partial charge < -0.3 is 15.2 Å². The smallest absolute Gasteiger partial charge is 0.310 e. The predicted octanol–water partition coefficient (Wildman–Crippen LogP) is 2.75. The molecule has 0 spiro atoms. The van der Waals surface area contributed by atoms with E-state index in [0.29, 0.717) is 31.7 Å². The van der Waals surface area contributed by atoms with E-state index in [1.807, 2.05) is 0 Å². The number of rotatable bonds is 9. The van der Waals surface area contributed by atoms with E-state index in [1.165, 1.54) is 12.1 Å². The van der Waals surface area contributed by atoms with Crippen molar-refractivity contribution in [3.05, 3.63) is 30.1 Å². The lowest BCUT2D eigenvalue weighted by Crippen LogP contribution is -2.42. The molecule has 1 fully saturated rings. The Morgan fingerprint density at radius 3 is 2.48 bits per heavy atom. The highest BCUT2D eigenvalue weighted by atomic mass is 19.1. The summed E-state index contributed by atoms with van der Waals surface area (Å²) in [4.78, 5) is 23.0. The molecule has 1 aromatic rings. The van der Waals surface area contributed by atoms with Gasteiger partial charge in [0.25, 0.3) is 0 Å². The molecule has 1 aliphatic carbocycles. The number of hydrogen-bond acceptors (Lipinski definition) is 3. The first-order valence-corrected chi connectivity index (χ1v) is 7.90. The van der Waals surface area contributed by atoms with Crippen LogP contribution in [0.15, 0.2) is 24.3 Å². The van der Waals surface area contributed by atoms with Crippen molar-refractivity contribution in [2.24, 2.45) is 5.41 Å². The zero-order chi connectivity index (χ0) is 16.7. The highest BCUT2D eigenvalue weighted by Crippen LogP contribution is 2.44. The number of nitrogens with one attached hydrogen (secondary N) is 1. The normalized spacial score (nSPS) is 15.5. The molecule has 0 bridgehead atoms. The van der Waals surface area contributed by atoms with Crippen LogP contribution in [0.5, 0.6) is 5.75 Å². The number of hydrogen-bond donors (Lipinski definition) is 2. The minimum absolute atomic E-state index is 0.0639. The van der Waals surface area contributed by atoms with Crippen molar-refractivity contribution < 1.29 is 23.8 Å². The second-order valence-corrected chi connectivity index (χ2v) is 5.98. The molecular formula is C17H22FNO4. The zero-order valence-electron chi connectivity index (χ0n) is 13.0. The molecule has 0 atom stereocenters. The van der Waals surface area contributed by atoms with Gasteiger partial charge in [-0.05, 0) is 49.9 Å². The van der Waals surface area contributed by atoms with Gasteiger partial charge in [0.05, 0.1) is 12.0 Å². The van der Waals surface area contributed by atoms with E-state index in [0.717, 1.165) is 19.3 Å². The van der Waals surface area contributed by atoms with E-state index in [9.17, 15) is 19.1 Å². The zero-order valence-corrected chi connectivity index (χ0v) is 13.0. The van der Waals surface area contributed by atoms with Gasteiger partial charge in [0.2, 0.25) is 5.91 Å². The molecule has 126 valence electrons. The van der Waals surface area contributed by atoms with E-state index < -0.39 is 11.4 Å². The lowest BCUT2D eigenvalue weighted by atomic mass is 9.66. The van der Waals surface area contributed by atoms with E-state index >= 15 is 0 Å². The van der Waals surface area contributed by atoms with Gasteiger partial charge in [-0.25, -0.2) is 4.39 Å². The van der Waals surface area contributed by atoms with Gasteiger partial charge in [0.15, 0.2) is 0 Å². The summed E-state index contributed by atoms with van der Waals surface area (Å²) in [6, 6.07) is 5.82. The standard InChI is InChI=1S/C17H22FNO4/c18-13-4-6-14(7-5-13)23-11-2-1-10-19-15(20)12-17(16(21)22)8-3-9-17/h4-7H,1-3,8-12H2,(H,19,20)(H,21,22). The van der Waals surface area contributed by atoms with Gasteiger partial charge in [0, 0.05) is 13.0 Å². The van der Waals surface area contributed by atoms with E-state index in [1.54, 1.807) is 12.1 Å². The van der Waals surface area contributed by atoms with Gasteiger partial charge in [-0.15, -0.1) is 0 Å². The number of amides is 1. The fourth-order valence-corrected chi connectivity index (χ4v) is 2.62. The summed E-state index contributed by atoms with van der Waals surface area (Å²) >= 11 is 0. The van der Waals surface area contributed by atoms with Crippen molar-refractivity contribution >= 4 is 11.9 Å². The van der Waals surface area contributed by atoms with Gasteiger partial charge in [0.1, 0.15) is 11.6 Å². The van der Waals surface area contributed by atoms with Crippen molar-refractivity contribution in [1.82, 2.24) is 5.32 Å². The summed E-state index contributed by atoms with van der Waals surface area (Å²) in [5.74, 6) is -0.757. The Balaban J connectivity index is 1.56. The number of halogens is 1. The lowest BCUT2D eigenvalue weighted by molar-refractivity contribution is -0.157. The van der Waals surface area contributed by atoms with Crippen LogP contribution < -0.4 is 10.1 Å². The first-order valence-electron chi connectivity index (χ1n) is 7.90. The van der Waals surface area contributed by atoms with Gasteiger partial charge >= 0.3 is 5.97 Å². The Morgan fingerprint density at radius 2 is 1.91 bits per heavy atom. The molecule has 0 saturated heterocycles. The first-order chi connectivity index (χ1) is 11.0. The summed E-state index contributed by atoms with van der Waals surface area (Å²) in [7, 11) is 0. The fourth-order valence-electron chi connectivity index (χ4n) is 2.62. The average molecular weight is 323 g/mol. The number of carboxylic acids is 1. The summed E-state index contributed by atoms with van der Waals surface area (Å²) in [5, 5.41) is 11.9. The molecule has 0 aliphatic heterocycles. The molecule has 1 aliphatic rings. The number of carbonyl (C=O) groups is 2. The molecule has 1 amide bonds. The lowest BCUT2D eigenvalue weighted by Gasteiger charge is -2.36. The van der Waals surface area contributed by atoms with Gasteiger partial charge in [-0.1, -0.05) is 6.42 Å². The van der Waals surface area contributed by atoms with Crippen LogP contribution in [0.1, 0.15) is 38.5 Å². The van der Waals surface area contributed by atoms with Crippen LogP contribution >= 0.6 is 0 Å². The second-order valence-electron chi connectivity index (χ2n) is 5.98. The number of ether oxygens (including phenoxy) is 1. The maximum atomic E-state index is 12.7. The molecule has 2 N–H and O–H groups in total. The Kier molecular flexibility index (Phi) is 5.96. The molecule has 0 aromatic heterocycles. The maximum absolute atomic E-state index is 12.7. The summed E-state index contributed by atoms with van der Waals surface area (Å²) in [6.07, 6.45) is 3.60. The van der Waals surface area contributed by atoms with Crippen molar-refractivity contribution in [3.8, 4) is 5.75 Å². The molecular weight excluding hydrogens is 301 g/mol. The van der Waals surface area contributed by atoms with Crippen LogP contribution in [0.4, 0.5) is 4.39 Å². The van der Waals surface area contributed by atoms with Crippen LogP contribution in [0.25, 0.3) is 0 Å². The Hall–Kier alpha value is -2.11. The van der Waals surface area contributed by atoms with E-state index in [2.05, 4.69) is 5.32 Å². The minimum atomic E-state index is -0.869. The number of carboxylic acid groups (broad SMARTS) is 1. The van der Waals surface area contributed by atoms with E-state index in [4.69, 9.17) is 4.74 Å². The van der Waals surface area contributed by atoms with Crippen molar-refractivity contribution in [2.75, 3.05) is 13.2 Å². The SMILES string of the molecule is O=C(CC1(C(=O)O)CCC1)NCCCCOc1ccc(F)cc1. The van der Waals surface area contributed by atoms with Crippen molar-refractivity contribution in [2.45, 2.75) is 38.5 Å². The molecule has 1 aromatic carbocycles. The number of carbonyl (C=O) groups excluding carboxylic acids is 1. The molecule has 6 heteroatoms. The Labute approximate surface area is 134 Å². The largest absolute Gasteiger partial charge is 0.494 e. The Morgan fingerprint density at radius 1 is 1.22 bits per heavy atom. The molecule has 5 nitrogen and oxygen atoms in total. The molecule has 1 saturated carbocycles. The summed E-state index contributed by atoms with van der Waals surface area (Å²) in [6.45, 7) is 0.988. The van der Waals surface area contributed by atoms with Gasteiger partial charge in [-0.2, -0.15) is 0 Å². The van der Waals surface area contributed by atoms with Crippen molar-refractivity contribution in [1.29, 1.82) is 0 Å². The average Bonchev–Trinajstić information content (AvgIpc) is 2.48. The quantitative estimate of drug-likeness (QED) is 0.685. The number of unbranched alkanes of at least 4 members (excludes halogenated alkanes) is 1. The highest BCUT2D eigenvalue weighted by Gasteiger charge is 2.45. The minimum Gasteiger partial charge on any atom is -0.494 e. The third kappa shape index (κ3) is 4.94. The molecule has 23 heavy (non-hydrogen) atoms. The fraction of sp³-hybridized carbons (Fsp3) is 0.529. The third-order valence-corrected chi connectivity index (χ3v) is 4.24. The van der Waals surface area contributed by atoms with Gasteiger partial charge in [-0.3, -0.25) is 9.59 Å². The van der Waals surface area contributed by atoms with Crippen molar-refractivity contribution in [3.63, 3.8) is 0 Å². The van der Waals surface area contributed by atoms with Crippen LogP contribution in [0.2, 0.25) is 0 Å². The summed E-state index contributed by atoms with van der Waals surface area (Å²) in [5.41, 5.74) is -0.838. The van der Waals surface area contributed by atoms with Crippen LogP contribution in [0.3, 0.4) is 0 Å². The van der Waals surface area contributed by atoms with Crippen LogP contribution in [0, 0.1) is 11.2 Å². The number of aliphatic carboxylic acids is 1. The van der Waals surface area contributed by atoms with Crippen LogP contribution in [-0.2, 0) is 9.59 Å². The molecule has 0 unspecified atom stereocenters. The monoisotopic (exact) mass is 323 g/mol. The van der Waals surface area contributed by atoms with E-state index in [-0.39, 0.29) is 18.1 Å². The second kappa shape index (κ2) is 7.94. The van der Waals surface area contributed by atoms with Crippen LogP contribution in [-0.4, -0.2) is 30.1 Å². The Bertz CT molecular complexity index is 540. The topological polar surface area (TPSA) is 75.6 Å². The maximum Gasteiger partial charge on any atom is 0.310 e. The predicted molar refractivity (Wildman–Crippen MR) is 82.7 cm³/mol. The molecule has 0 radical (unpaired) electrons. The highest BCUT2D eigenvalue weighted by molar-refractivity contribution is 5.85. The molecule has 0 heterocycles. The number of benzene rings is 1. The summed E-state index contributed by atoms with van der Waals surface area (Å²) < 4.78 is 18.2. The molecule has 2 rings (SSSR count). The first kappa shape index (κ1) is 17.2.